The minimum absolute atomic E-state index is 0.139. The molecule has 134 valence electrons. The van der Waals surface area contributed by atoms with E-state index in [4.69, 9.17) is 21.1 Å². The highest BCUT2D eigenvalue weighted by molar-refractivity contribution is 7.10. The summed E-state index contributed by atoms with van der Waals surface area (Å²) in [4.78, 5) is 16.1. The number of halogens is 1. The van der Waals surface area contributed by atoms with Gasteiger partial charge in [0.25, 0.3) is 5.91 Å². The quantitative estimate of drug-likeness (QED) is 0.836. The van der Waals surface area contributed by atoms with E-state index >= 15 is 0 Å². The van der Waals surface area contributed by atoms with Crippen molar-refractivity contribution in [3.05, 3.63) is 51.2 Å². The molecule has 1 N–H and O–H groups in total. The fraction of sp³-hybridized carbons (Fsp3) is 0.389. The molecule has 1 amide bonds. The molecule has 25 heavy (non-hydrogen) atoms. The van der Waals surface area contributed by atoms with Gasteiger partial charge >= 0.3 is 0 Å². The van der Waals surface area contributed by atoms with Crippen molar-refractivity contribution in [1.29, 1.82) is 0 Å². The Hall–Kier alpha value is -1.60. The van der Waals surface area contributed by atoms with Gasteiger partial charge in [-0.15, -0.1) is 11.3 Å². The first kappa shape index (κ1) is 18.2. The standard InChI is InChI=1S/C18H21ClN2O3S/c1-23-16-5-4-13(11-14(16)19)18(22)20-12-15(17-3-2-10-25-17)21-6-8-24-9-7-21/h2-5,10-11,15H,6-9,12H2,1H3,(H,20,22)/t15-/m1/s1. The van der Waals surface area contributed by atoms with Crippen LogP contribution in [0.25, 0.3) is 0 Å². The van der Waals surface area contributed by atoms with Crippen LogP contribution in [0.1, 0.15) is 21.3 Å². The summed E-state index contributed by atoms with van der Waals surface area (Å²) in [7, 11) is 1.55. The molecule has 0 saturated carbocycles. The maximum atomic E-state index is 12.5. The summed E-state index contributed by atoms with van der Waals surface area (Å²) in [5.74, 6) is 0.419. The summed E-state index contributed by atoms with van der Waals surface area (Å²) in [6.45, 7) is 3.73. The van der Waals surface area contributed by atoms with Gasteiger partial charge in [-0.2, -0.15) is 0 Å². The van der Waals surface area contributed by atoms with E-state index in [9.17, 15) is 4.79 Å². The van der Waals surface area contributed by atoms with E-state index in [1.807, 2.05) is 6.07 Å². The molecular weight excluding hydrogens is 360 g/mol. The van der Waals surface area contributed by atoms with Crippen LogP contribution in [0.2, 0.25) is 5.02 Å². The van der Waals surface area contributed by atoms with Crippen LogP contribution in [0.4, 0.5) is 0 Å². The number of carbonyl (C=O) groups excluding carboxylic acids is 1. The summed E-state index contributed by atoms with van der Waals surface area (Å²) >= 11 is 7.82. The molecule has 0 unspecified atom stereocenters. The molecule has 1 saturated heterocycles. The Labute approximate surface area is 156 Å². The maximum absolute atomic E-state index is 12.5. The Morgan fingerprint density at radius 3 is 2.84 bits per heavy atom. The van der Waals surface area contributed by atoms with Gasteiger partial charge in [0.1, 0.15) is 5.75 Å². The number of benzene rings is 1. The molecule has 1 atom stereocenters. The molecule has 1 aliphatic rings. The van der Waals surface area contributed by atoms with Gasteiger partial charge in [0, 0.05) is 30.1 Å². The zero-order valence-corrected chi connectivity index (χ0v) is 15.6. The van der Waals surface area contributed by atoms with Crippen LogP contribution < -0.4 is 10.1 Å². The Morgan fingerprint density at radius 2 is 2.20 bits per heavy atom. The third kappa shape index (κ3) is 4.52. The van der Waals surface area contributed by atoms with Crippen molar-refractivity contribution < 1.29 is 14.3 Å². The first-order chi connectivity index (χ1) is 12.2. The van der Waals surface area contributed by atoms with Crippen molar-refractivity contribution in [2.24, 2.45) is 0 Å². The normalized spacial score (nSPS) is 16.4. The van der Waals surface area contributed by atoms with Gasteiger partial charge in [0.15, 0.2) is 0 Å². The minimum atomic E-state index is -0.139. The number of nitrogens with zero attached hydrogens (tertiary/aromatic N) is 1. The van der Waals surface area contributed by atoms with Gasteiger partial charge < -0.3 is 14.8 Å². The van der Waals surface area contributed by atoms with Crippen LogP contribution in [0.3, 0.4) is 0 Å². The summed E-state index contributed by atoms with van der Waals surface area (Å²) in [6.07, 6.45) is 0. The lowest BCUT2D eigenvalue weighted by Crippen LogP contribution is -2.43. The first-order valence-corrected chi connectivity index (χ1v) is 9.41. The highest BCUT2D eigenvalue weighted by atomic mass is 35.5. The minimum Gasteiger partial charge on any atom is -0.495 e. The Bertz CT molecular complexity index is 702. The summed E-state index contributed by atoms with van der Waals surface area (Å²) in [6, 6.07) is 9.36. The van der Waals surface area contributed by atoms with E-state index in [1.165, 1.54) is 4.88 Å². The predicted molar refractivity (Wildman–Crippen MR) is 99.8 cm³/mol. The summed E-state index contributed by atoms with van der Waals surface area (Å²) in [5.41, 5.74) is 0.526. The van der Waals surface area contributed by atoms with Gasteiger partial charge in [0.05, 0.1) is 31.4 Å². The Morgan fingerprint density at radius 1 is 1.40 bits per heavy atom. The molecule has 0 radical (unpaired) electrons. The first-order valence-electron chi connectivity index (χ1n) is 8.16. The topological polar surface area (TPSA) is 50.8 Å². The second kappa shape index (κ2) is 8.67. The van der Waals surface area contributed by atoms with Crippen molar-refractivity contribution in [2.75, 3.05) is 40.0 Å². The van der Waals surface area contributed by atoms with E-state index in [0.717, 1.165) is 26.3 Å². The van der Waals surface area contributed by atoms with Crippen molar-refractivity contribution in [3.8, 4) is 5.75 Å². The lowest BCUT2D eigenvalue weighted by molar-refractivity contribution is 0.0169. The van der Waals surface area contributed by atoms with Gasteiger partial charge in [-0.25, -0.2) is 0 Å². The predicted octanol–water partition coefficient (Wildman–Crippen LogP) is 3.21. The fourth-order valence-electron chi connectivity index (χ4n) is 2.88. The lowest BCUT2D eigenvalue weighted by Gasteiger charge is -2.34. The maximum Gasteiger partial charge on any atom is 0.251 e. The van der Waals surface area contributed by atoms with Crippen LogP contribution in [0, 0.1) is 0 Å². The molecule has 0 aliphatic carbocycles. The van der Waals surface area contributed by atoms with Crippen LogP contribution >= 0.6 is 22.9 Å². The van der Waals surface area contributed by atoms with Gasteiger partial charge in [-0.3, -0.25) is 9.69 Å². The highest BCUT2D eigenvalue weighted by Crippen LogP contribution is 2.27. The number of amides is 1. The molecular formula is C18H21ClN2O3S. The van der Waals surface area contributed by atoms with E-state index in [1.54, 1.807) is 36.6 Å². The third-order valence-corrected chi connectivity index (χ3v) is 5.50. The molecule has 0 bridgehead atoms. The number of hydrogen-bond donors (Lipinski definition) is 1. The average Bonchev–Trinajstić information content (AvgIpc) is 3.17. The molecule has 1 fully saturated rings. The van der Waals surface area contributed by atoms with Crippen LogP contribution in [0.15, 0.2) is 35.7 Å². The van der Waals surface area contributed by atoms with Gasteiger partial charge in [-0.1, -0.05) is 17.7 Å². The van der Waals surface area contributed by atoms with Crippen LogP contribution in [-0.2, 0) is 4.74 Å². The average molecular weight is 381 g/mol. The molecule has 1 aliphatic heterocycles. The summed E-state index contributed by atoms with van der Waals surface area (Å²) < 4.78 is 10.6. The second-order valence-electron chi connectivity index (χ2n) is 5.74. The number of rotatable bonds is 6. The molecule has 2 heterocycles. The third-order valence-electron chi connectivity index (χ3n) is 4.23. The van der Waals surface area contributed by atoms with Crippen molar-refractivity contribution in [1.82, 2.24) is 10.2 Å². The molecule has 2 aromatic rings. The van der Waals surface area contributed by atoms with E-state index in [2.05, 4.69) is 21.7 Å². The number of morpholine rings is 1. The number of nitrogens with one attached hydrogen (secondary N) is 1. The van der Waals surface area contributed by atoms with Crippen LogP contribution in [0.5, 0.6) is 5.75 Å². The number of thiophene rings is 1. The monoisotopic (exact) mass is 380 g/mol. The SMILES string of the molecule is COc1ccc(C(=O)NC[C@H](c2cccs2)N2CCOCC2)cc1Cl. The van der Waals surface area contributed by atoms with Crippen molar-refractivity contribution in [3.63, 3.8) is 0 Å². The van der Waals surface area contributed by atoms with Crippen molar-refractivity contribution >= 4 is 28.8 Å². The second-order valence-corrected chi connectivity index (χ2v) is 7.13. The number of methoxy groups -OCH3 is 1. The molecule has 3 rings (SSSR count). The molecule has 7 heteroatoms. The molecule has 1 aromatic heterocycles. The number of carbonyl (C=O) groups is 1. The largest absolute Gasteiger partial charge is 0.495 e. The van der Waals surface area contributed by atoms with E-state index in [0.29, 0.717) is 22.9 Å². The zero-order valence-electron chi connectivity index (χ0n) is 14.0. The summed E-state index contributed by atoms with van der Waals surface area (Å²) in [5, 5.41) is 5.53. The zero-order chi connectivity index (χ0) is 17.6. The highest BCUT2D eigenvalue weighted by Gasteiger charge is 2.24. The fourth-order valence-corrected chi connectivity index (χ4v) is 4.00. The van der Waals surface area contributed by atoms with Crippen LogP contribution in [-0.4, -0.2) is 50.8 Å². The smallest absolute Gasteiger partial charge is 0.251 e. The van der Waals surface area contributed by atoms with Gasteiger partial charge in [-0.05, 0) is 29.6 Å². The molecule has 0 spiro atoms. The van der Waals surface area contributed by atoms with Gasteiger partial charge in [0.2, 0.25) is 0 Å². The van der Waals surface area contributed by atoms with Crippen molar-refractivity contribution in [2.45, 2.75) is 6.04 Å². The van der Waals surface area contributed by atoms with E-state index in [-0.39, 0.29) is 11.9 Å². The number of ether oxygens (including phenoxy) is 2. The number of hydrogen-bond acceptors (Lipinski definition) is 5. The van der Waals surface area contributed by atoms with E-state index < -0.39 is 0 Å². The molecule has 1 aromatic carbocycles. The lowest BCUT2D eigenvalue weighted by atomic mass is 10.1. The Kier molecular flexibility index (Phi) is 6.31. The Balaban J connectivity index is 1.68. The molecule has 5 nitrogen and oxygen atoms in total.